The fraction of sp³-hybridized carbons (Fsp3) is 0.200. The number of aromatic nitrogens is 3. The van der Waals surface area contributed by atoms with E-state index in [1.165, 1.54) is 16.5 Å². The molecule has 3 rings (SSSR count). The normalized spacial score (nSPS) is 11.0. The minimum Gasteiger partial charge on any atom is -0.361 e. The summed E-state index contributed by atoms with van der Waals surface area (Å²) in [5.74, 6) is 0.811. The van der Waals surface area contributed by atoms with Crippen LogP contribution in [0.25, 0.3) is 10.9 Å². The molecule has 0 aliphatic carbocycles. The molecular weight excluding hydrogens is 236 g/mol. The molecule has 0 saturated carbocycles. The van der Waals surface area contributed by atoms with Crippen LogP contribution in [-0.2, 0) is 13.1 Å². The number of para-hydroxylation sites is 1. The Labute approximate surface area is 111 Å². The van der Waals surface area contributed by atoms with Gasteiger partial charge in [0.15, 0.2) is 0 Å². The Morgan fingerprint density at radius 1 is 1.16 bits per heavy atom. The highest BCUT2D eigenvalue weighted by Gasteiger charge is 2.02. The largest absolute Gasteiger partial charge is 0.361 e. The second-order valence-electron chi connectivity index (χ2n) is 4.56. The summed E-state index contributed by atoms with van der Waals surface area (Å²) in [7, 11) is 0. The maximum atomic E-state index is 4.37. The average Bonchev–Trinajstić information content (AvgIpc) is 2.83. The molecule has 2 N–H and O–H groups in total. The molecule has 0 unspecified atom stereocenters. The van der Waals surface area contributed by atoms with Crippen LogP contribution in [-0.4, -0.2) is 15.0 Å². The maximum absolute atomic E-state index is 4.37. The number of hydrogen-bond acceptors (Lipinski definition) is 3. The first kappa shape index (κ1) is 11.9. The predicted octanol–water partition coefficient (Wildman–Crippen LogP) is 2.56. The SMILES string of the molecule is Cc1nccc(CNCc2c[nH]c3ccccc23)n1. The first-order chi connectivity index (χ1) is 9.33. The van der Waals surface area contributed by atoms with Crippen LogP contribution in [0.2, 0.25) is 0 Å². The minimum atomic E-state index is 0.753. The summed E-state index contributed by atoms with van der Waals surface area (Å²) in [6.45, 7) is 3.49. The number of aromatic amines is 1. The first-order valence-corrected chi connectivity index (χ1v) is 6.37. The van der Waals surface area contributed by atoms with Crippen LogP contribution in [0, 0.1) is 6.92 Å². The van der Waals surface area contributed by atoms with Crippen molar-refractivity contribution >= 4 is 10.9 Å². The smallest absolute Gasteiger partial charge is 0.125 e. The van der Waals surface area contributed by atoms with E-state index in [4.69, 9.17) is 0 Å². The fourth-order valence-corrected chi connectivity index (χ4v) is 2.21. The highest BCUT2D eigenvalue weighted by atomic mass is 14.9. The van der Waals surface area contributed by atoms with E-state index in [9.17, 15) is 0 Å². The molecule has 0 aliphatic heterocycles. The Morgan fingerprint density at radius 3 is 2.95 bits per heavy atom. The summed E-state index contributed by atoms with van der Waals surface area (Å²) < 4.78 is 0. The van der Waals surface area contributed by atoms with Gasteiger partial charge in [-0.15, -0.1) is 0 Å². The van der Waals surface area contributed by atoms with Gasteiger partial charge in [0.2, 0.25) is 0 Å². The van der Waals surface area contributed by atoms with Crippen LogP contribution in [0.15, 0.2) is 42.7 Å². The topological polar surface area (TPSA) is 53.6 Å². The molecule has 0 radical (unpaired) electrons. The number of rotatable bonds is 4. The summed E-state index contributed by atoms with van der Waals surface area (Å²) in [6, 6.07) is 10.3. The second-order valence-corrected chi connectivity index (χ2v) is 4.56. The highest BCUT2D eigenvalue weighted by Crippen LogP contribution is 2.17. The molecule has 4 heteroatoms. The van der Waals surface area contributed by atoms with Crippen LogP contribution in [0.1, 0.15) is 17.1 Å². The monoisotopic (exact) mass is 252 g/mol. The Bertz CT molecular complexity index is 687. The van der Waals surface area contributed by atoms with Crippen molar-refractivity contribution in [3.63, 3.8) is 0 Å². The molecule has 0 saturated heterocycles. The lowest BCUT2D eigenvalue weighted by molar-refractivity contribution is 0.678. The number of benzene rings is 1. The Kier molecular flexibility index (Phi) is 3.25. The van der Waals surface area contributed by atoms with Crippen LogP contribution in [0.3, 0.4) is 0 Å². The van der Waals surface area contributed by atoms with Crippen molar-refractivity contribution in [2.75, 3.05) is 0 Å². The molecule has 0 aliphatic rings. The van der Waals surface area contributed by atoms with E-state index in [-0.39, 0.29) is 0 Å². The lowest BCUT2D eigenvalue weighted by atomic mass is 10.2. The Hall–Kier alpha value is -2.20. The van der Waals surface area contributed by atoms with Crippen molar-refractivity contribution < 1.29 is 0 Å². The van der Waals surface area contributed by atoms with Crippen molar-refractivity contribution in [3.05, 3.63) is 59.8 Å². The van der Waals surface area contributed by atoms with Gasteiger partial charge in [0, 0.05) is 36.4 Å². The number of aryl methyl sites for hydroxylation is 1. The van der Waals surface area contributed by atoms with Gasteiger partial charge in [-0.05, 0) is 24.6 Å². The predicted molar refractivity (Wildman–Crippen MR) is 75.6 cm³/mol. The summed E-state index contributed by atoms with van der Waals surface area (Å²) in [4.78, 5) is 11.7. The van der Waals surface area contributed by atoms with Crippen molar-refractivity contribution in [1.82, 2.24) is 20.3 Å². The number of nitrogens with one attached hydrogen (secondary N) is 2. The van der Waals surface area contributed by atoms with Gasteiger partial charge < -0.3 is 10.3 Å². The van der Waals surface area contributed by atoms with Crippen molar-refractivity contribution in [2.45, 2.75) is 20.0 Å². The standard InChI is InChI=1S/C15H16N4/c1-11-17-7-6-13(19-11)10-16-8-12-9-18-15-5-3-2-4-14(12)15/h2-7,9,16,18H,8,10H2,1H3. The molecule has 0 fully saturated rings. The zero-order valence-corrected chi connectivity index (χ0v) is 10.9. The quantitative estimate of drug-likeness (QED) is 0.750. The fourth-order valence-electron chi connectivity index (χ4n) is 2.21. The lowest BCUT2D eigenvalue weighted by Crippen LogP contribution is -2.13. The van der Waals surface area contributed by atoms with E-state index in [0.29, 0.717) is 0 Å². The molecule has 0 spiro atoms. The molecule has 0 atom stereocenters. The lowest BCUT2D eigenvalue weighted by Gasteiger charge is -2.04. The Balaban J connectivity index is 1.66. The van der Waals surface area contributed by atoms with Crippen molar-refractivity contribution in [2.24, 2.45) is 0 Å². The number of hydrogen-bond donors (Lipinski definition) is 2. The molecule has 2 aromatic heterocycles. The molecule has 0 amide bonds. The summed E-state index contributed by atoms with van der Waals surface area (Å²) >= 11 is 0. The minimum absolute atomic E-state index is 0.753. The average molecular weight is 252 g/mol. The van der Waals surface area contributed by atoms with E-state index in [1.54, 1.807) is 6.20 Å². The number of nitrogens with zero attached hydrogens (tertiary/aromatic N) is 2. The van der Waals surface area contributed by atoms with Gasteiger partial charge in [0.05, 0.1) is 5.69 Å². The van der Waals surface area contributed by atoms with E-state index >= 15 is 0 Å². The van der Waals surface area contributed by atoms with Crippen LogP contribution < -0.4 is 5.32 Å². The molecule has 0 bridgehead atoms. The third-order valence-corrected chi connectivity index (χ3v) is 3.13. The van der Waals surface area contributed by atoms with Gasteiger partial charge in [-0.2, -0.15) is 0 Å². The van der Waals surface area contributed by atoms with E-state index in [1.807, 2.05) is 19.1 Å². The number of H-pyrrole nitrogens is 1. The van der Waals surface area contributed by atoms with E-state index < -0.39 is 0 Å². The number of fused-ring (bicyclic) bond motifs is 1. The summed E-state index contributed by atoms with van der Waals surface area (Å²) in [5, 5.41) is 4.69. The zero-order chi connectivity index (χ0) is 13.1. The van der Waals surface area contributed by atoms with E-state index in [2.05, 4.69) is 44.7 Å². The molecule has 19 heavy (non-hydrogen) atoms. The molecule has 4 nitrogen and oxygen atoms in total. The highest BCUT2D eigenvalue weighted by molar-refractivity contribution is 5.82. The zero-order valence-electron chi connectivity index (χ0n) is 10.9. The molecule has 3 aromatic rings. The van der Waals surface area contributed by atoms with Gasteiger partial charge in [-0.3, -0.25) is 0 Å². The Morgan fingerprint density at radius 2 is 2.05 bits per heavy atom. The first-order valence-electron chi connectivity index (χ1n) is 6.37. The molecular formula is C15H16N4. The van der Waals surface area contributed by atoms with Crippen molar-refractivity contribution in [1.29, 1.82) is 0 Å². The third-order valence-electron chi connectivity index (χ3n) is 3.13. The summed E-state index contributed by atoms with van der Waals surface area (Å²) in [6.07, 6.45) is 3.86. The van der Waals surface area contributed by atoms with Gasteiger partial charge in [0.1, 0.15) is 5.82 Å². The third kappa shape index (κ3) is 2.63. The summed E-state index contributed by atoms with van der Waals surface area (Å²) in [5.41, 5.74) is 3.48. The molecule has 2 heterocycles. The van der Waals surface area contributed by atoms with Gasteiger partial charge in [-0.25, -0.2) is 9.97 Å². The molecule has 1 aromatic carbocycles. The second kappa shape index (κ2) is 5.20. The van der Waals surface area contributed by atoms with Gasteiger partial charge in [0.25, 0.3) is 0 Å². The molecule has 96 valence electrons. The van der Waals surface area contributed by atoms with Crippen LogP contribution in [0.5, 0.6) is 0 Å². The van der Waals surface area contributed by atoms with Gasteiger partial charge >= 0.3 is 0 Å². The van der Waals surface area contributed by atoms with E-state index in [0.717, 1.165) is 24.6 Å². The van der Waals surface area contributed by atoms with Crippen LogP contribution in [0.4, 0.5) is 0 Å². The maximum Gasteiger partial charge on any atom is 0.125 e. The van der Waals surface area contributed by atoms with Crippen LogP contribution >= 0.6 is 0 Å². The van der Waals surface area contributed by atoms with Gasteiger partial charge in [-0.1, -0.05) is 18.2 Å². The van der Waals surface area contributed by atoms with Crippen molar-refractivity contribution in [3.8, 4) is 0 Å².